The van der Waals surface area contributed by atoms with Gasteiger partial charge in [-0.3, -0.25) is 0 Å². The molecule has 4 aliphatic heterocycles. The molecule has 10 aromatic rings. The van der Waals surface area contributed by atoms with Gasteiger partial charge in [0.25, 0.3) is 13.4 Å². The third-order valence-electron chi connectivity index (χ3n) is 15.7. The normalized spacial score (nSPS) is 13.5. The summed E-state index contributed by atoms with van der Waals surface area (Å²) in [4.78, 5) is 10.0. The van der Waals surface area contributed by atoms with Crippen LogP contribution in [-0.4, -0.2) is 13.4 Å². The van der Waals surface area contributed by atoms with Crippen molar-refractivity contribution in [2.24, 2.45) is 0 Å². The predicted octanol–water partition coefficient (Wildman–Crippen LogP) is 13.4. The molecule has 72 heavy (non-hydrogen) atoms. The van der Waals surface area contributed by atoms with E-state index < -0.39 is 0 Å². The van der Waals surface area contributed by atoms with Crippen LogP contribution in [0.25, 0.3) is 11.1 Å². The van der Waals surface area contributed by atoms with E-state index in [-0.39, 0.29) is 13.4 Å². The topological polar surface area (TPSA) is 13.0 Å². The molecule has 0 bridgehead atoms. The van der Waals surface area contributed by atoms with Crippen molar-refractivity contribution in [3.63, 3.8) is 0 Å². The number of hydrogen-bond acceptors (Lipinski definition) is 4. The van der Waals surface area contributed by atoms with Gasteiger partial charge in [-0.2, -0.15) is 0 Å². The highest BCUT2D eigenvalue weighted by Gasteiger charge is 2.45. The summed E-state index contributed by atoms with van der Waals surface area (Å²) in [5, 5.41) is 0. The second-order valence-corrected chi connectivity index (χ2v) is 20.7. The van der Waals surface area contributed by atoms with Gasteiger partial charge in [0.05, 0.1) is 0 Å². The van der Waals surface area contributed by atoms with Crippen molar-refractivity contribution >= 4 is 114 Å². The van der Waals surface area contributed by atoms with Crippen molar-refractivity contribution in [3.8, 4) is 11.1 Å². The lowest BCUT2D eigenvalue weighted by atomic mass is 9.33. The molecule has 0 spiro atoms. The zero-order valence-corrected chi connectivity index (χ0v) is 41.6. The third-order valence-corrected chi connectivity index (χ3v) is 15.7. The first-order valence-electron chi connectivity index (χ1n) is 25.4. The Morgan fingerprint density at radius 2 is 0.583 bits per heavy atom. The lowest BCUT2D eigenvalue weighted by Gasteiger charge is -2.44. The number of para-hydroxylation sites is 2. The Hall–Kier alpha value is -8.47. The molecule has 0 aromatic heterocycles. The SMILES string of the molecule is Cc1ccc(N2c3ccc(C)cc3B3c4ccccc4N(c4cccc(-c5cccc(N6c7ccccc7B7c8cc(C)ccc8N(c8ccc(C)cc8)c8cc(C)cc6c87)c5)c4)c4cc(C)cc2c43)cc1. The lowest BCUT2D eigenvalue weighted by Crippen LogP contribution is -2.61. The van der Waals surface area contributed by atoms with E-state index in [2.05, 4.69) is 267 Å². The molecule has 6 heteroatoms. The smallest absolute Gasteiger partial charge is 0.252 e. The molecule has 10 aromatic carbocycles. The number of benzene rings is 10. The van der Waals surface area contributed by atoms with Crippen LogP contribution in [0.1, 0.15) is 33.4 Å². The number of nitrogens with zero attached hydrogens (tertiary/aromatic N) is 4. The predicted molar refractivity (Wildman–Crippen MR) is 308 cm³/mol. The maximum absolute atomic E-state index is 2.53. The lowest BCUT2D eigenvalue weighted by molar-refractivity contribution is 1.23. The molecular formula is C66H52B2N4. The minimum atomic E-state index is 0.0837. The van der Waals surface area contributed by atoms with Gasteiger partial charge in [0.2, 0.25) is 0 Å². The minimum absolute atomic E-state index is 0.0837. The fraction of sp³-hybridized carbons (Fsp3) is 0.0909. The van der Waals surface area contributed by atoms with Gasteiger partial charge in [-0.05, 0) is 194 Å². The summed E-state index contributed by atoms with van der Waals surface area (Å²) >= 11 is 0. The van der Waals surface area contributed by atoms with E-state index in [1.165, 1.54) is 134 Å². The van der Waals surface area contributed by atoms with Crippen LogP contribution < -0.4 is 52.4 Å². The average molecular weight is 923 g/mol. The van der Waals surface area contributed by atoms with Crippen LogP contribution in [0.5, 0.6) is 0 Å². The molecule has 14 rings (SSSR count). The summed E-state index contributed by atoms with van der Waals surface area (Å²) < 4.78 is 0. The molecule has 4 aliphatic rings. The van der Waals surface area contributed by atoms with Crippen molar-refractivity contribution in [1.82, 2.24) is 0 Å². The number of aryl methyl sites for hydroxylation is 6. The first-order valence-corrected chi connectivity index (χ1v) is 25.4. The first-order chi connectivity index (χ1) is 35.2. The molecule has 0 unspecified atom stereocenters. The Morgan fingerprint density at radius 3 is 0.986 bits per heavy atom. The van der Waals surface area contributed by atoms with Crippen LogP contribution in [0.15, 0.2) is 206 Å². The molecule has 342 valence electrons. The molecule has 0 fully saturated rings. The van der Waals surface area contributed by atoms with Crippen molar-refractivity contribution < 1.29 is 0 Å². The van der Waals surface area contributed by atoms with Crippen molar-refractivity contribution in [3.05, 3.63) is 240 Å². The van der Waals surface area contributed by atoms with Gasteiger partial charge in [-0.25, -0.2) is 0 Å². The highest BCUT2D eigenvalue weighted by atomic mass is 15.2. The maximum atomic E-state index is 2.53. The van der Waals surface area contributed by atoms with Crippen LogP contribution in [0.4, 0.5) is 68.2 Å². The second-order valence-electron chi connectivity index (χ2n) is 20.7. The summed E-state index contributed by atoms with van der Waals surface area (Å²) in [6.45, 7) is 13.4. The van der Waals surface area contributed by atoms with Crippen LogP contribution in [0.2, 0.25) is 0 Å². The first kappa shape index (κ1) is 42.4. The molecule has 0 atom stereocenters. The van der Waals surface area contributed by atoms with Gasteiger partial charge in [0.15, 0.2) is 0 Å². The van der Waals surface area contributed by atoms with Crippen LogP contribution in [0, 0.1) is 41.5 Å². The van der Waals surface area contributed by atoms with E-state index in [9.17, 15) is 0 Å². The van der Waals surface area contributed by atoms with Gasteiger partial charge in [-0.1, -0.05) is 131 Å². The summed E-state index contributed by atoms with van der Waals surface area (Å²) in [6, 6.07) is 78.2. The Kier molecular flexibility index (Phi) is 9.44. The molecule has 0 saturated carbocycles. The van der Waals surface area contributed by atoms with E-state index >= 15 is 0 Å². The fourth-order valence-electron chi connectivity index (χ4n) is 12.6. The van der Waals surface area contributed by atoms with E-state index in [0.29, 0.717) is 0 Å². The molecule has 0 N–H and O–H groups in total. The molecule has 0 saturated heterocycles. The summed E-state index contributed by atoms with van der Waals surface area (Å²) in [5.41, 5.74) is 32.3. The maximum Gasteiger partial charge on any atom is 0.252 e. The summed E-state index contributed by atoms with van der Waals surface area (Å²) in [6.07, 6.45) is 0. The average Bonchev–Trinajstić information content (AvgIpc) is 3.39. The van der Waals surface area contributed by atoms with E-state index in [0.717, 1.165) is 11.4 Å². The van der Waals surface area contributed by atoms with Gasteiger partial charge in [0.1, 0.15) is 0 Å². The Morgan fingerprint density at radius 1 is 0.236 bits per heavy atom. The zero-order valence-electron chi connectivity index (χ0n) is 41.6. The van der Waals surface area contributed by atoms with Crippen LogP contribution in [-0.2, 0) is 0 Å². The van der Waals surface area contributed by atoms with Crippen LogP contribution in [0.3, 0.4) is 0 Å². The van der Waals surface area contributed by atoms with E-state index in [1.807, 2.05) is 0 Å². The van der Waals surface area contributed by atoms with Gasteiger partial charge >= 0.3 is 0 Å². The monoisotopic (exact) mass is 922 g/mol. The Bertz CT molecular complexity index is 3620. The Labute approximate surface area is 424 Å². The highest BCUT2D eigenvalue weighted by Crippen LogP contribution is 2.48. The molecular weight excluding hydrogens is 870 g/mol. The molecule has 4 nitrogen and oxygen atoms in total. The molecule has 4 heterocycles. The summed E-state index contributed by atoms with van der Waals surface area (Å²) in [7, 11) is 0. The molecule has 0 amide bonds. The van der Waals surface area contributed by atoms with Crippen molar-refractivity contribution in [1.29, 1.82) is 0 Å². The van der Waals surface area contributed by atoms with Gasteiger partial charge in [-0.15, -0.1) is 0 Å². The van der Waals surface area contributed by atoms with Crippen molar-refractivity contribution in [2.75, 3.05) is 19.6 Å². The van der Waals surface area contributed by atoms with Gasteiger partial charge in [0, 0.05) is 68.2 Å². The third kappa shape index (κ3) is 6.41. The molecule has 0 radical (unpaired) electrons. The quantitative estimate of drug-likeness (QED) is 0.159. The van der Waals surface area contributed by atoms with E-state index in [1.54, 1.807) is 0 Å². The van der Waals surface area contributed by atoms with Crippen LogP contribution >= 0.6 is 0 Å². The summed E-state index contributed by atoms with van der Waals surface area (Å²) in [5.74, 6) is 0. The van der Waals surface area contributed by atoms with E-state index in [4.69, 9.17) is 0 Å². The zero-order chi connectivity index (χ0) is 48.5. The number of rotatable bonds is 5. The highest BCUT2D eigenvalue weighted by molar-refractivity contribution is 7.01. The number of anilines is 12. The fourth-order valence-corrected chi connectivity index (χ4v) is 12.6. The standard InChI is InChI=1S/C66H52B2N4/c1-41-21-27-49(28-22-41)69-59-31-25-43(3)33-55(59)67-53-17-7-9-19-57(53)71(63-37-45(5)35-61(69)65(63)67)51-15-11-13-47(39-51)48-14-12-16-52(40-48)72-58-20-10-8-18-54(58)68-56-34-44(4)26-32-60(56)70(50-29-23-42(2)24-30-50)62-36-46(6)38-64(72)66(62)68/h7-40H,1-6H3. The largest absolute Gasteiger partial charge is 0.311 e. The number of fused-ring (bicyclic) bond motifs is 8. The second kappa shape index (κ2) is 16.0. The molecule has 0 aliphatic carbocycles. The van der Waals surface area contributed by atoms with Gasteiger partial charge < -0.3 is 19.6 Å². The minimum Gasteiger partial charge on any atom is -0.311 e. The van der Waals surface area contributed by atoms with Crippen molar-refractivity contribution in [2.45, 2.75) is 41.5 Å². The Balaban J connectivity index is 0.921. The number of hydrogen-bond donors (Lipinski definition) is 0.